The first-order chi connectivity index (χ1) is 15.1. The average molecular weight is 418 g/mol. The number of rotatable bonds is 5. The molecular formula is C25H27N3O3. The third-order valence-corrected chi connectivity index (χ3v) is 6.55. The fourth-order valence-corrected chi connectivity index (χ4v) is 4.94. The number of fused-ring (bicyclic) bond motifs is 2. The van der Waals surface area contributed by atoms with Crippen LogP contribution in [0.25, 0.3) is 10.9 Å². The van der Waals surface area contributed by atoms with Crippen LogP contribution >= 0.6 is 0 Å². The molecule has 0 unspecified atom stereocenters. The standard InChI is InChI=1S/C25H27N3O3/c1-16(24(29)26-14-17-8-7-13-31-17)28-23(19-10-3-4-11-20(19)25(28)30)21-15-27(2)22-12-6-5-9-18(21)22/h3-6,9-12,15-17,23H,7-8,13-14H2,1-2H3,(H,26,29)/t16-,17-,23-/m1/s1. The Kier molecular flexibility index (Phi) is 5.02. The molecule has 3 aromatic rings. The smallest absolute Gasteiger partial charge is 0.255 e. The van der Waals surface area contributed by atoms with Crippen LogP contribution in [-0.4, -0.2) is 46.6 Å². The Bertz CT molecular complexity index is 1150. The zero-order chi connectivity index (χ0) is 21.5. The second kappa shape index (κ2) is 7.85. The molecule has 6 heteroatoms. The number of hydrogen-bond acceptors (Lipinski definition) is 3. The summed E-state index contributed by atoms with van der Waals surface area (Å²) < 4.78 is 7.70. The second-order valence-electron chi connectivity index (χ2n) is 8.47. The highest BCUT2D eigenvalue weighted by molar-refractivity contribution is 6.03. The van der Waals surface area contributed by atoms with Crippen molar-refractivity contribution in [1.82, 2.24) is 14.8 Å². The highest BCUT2D eigenvalue weighted by Gasteiger charge is 2.43. The van der Waals surface area contributed by atoms with E-state index in [1.165, 1.54) is 0 Å². The molecule has 160 valence electrons. The van der Waals surface area contributed by atoms with Gasteiger partial charge in [0.1, 0.15) is 6.04 Å². The van der Waals surface area contributed by atoms with Crippen molar-refractivity contribution >= 4 is 22.7 Å². The molecule has 31 heavy (non-hydrogen) atoms. The van der Waals surface area contributed by atoms with Gasteiger partial charge in [-0.1, -0.05) is 36.4 Å². The fraction of sp³-hybridized carbons (Fsp3) is 0.360. The topological polar surface area (TPSA) is 63.6 Å². The number of carbonyl (C=O) groups is 2. The maximum absolute atomic E-state index is 13.4. The summed E-state index contributed by atoms with van der Waals surface area (Å²) in [5.41, 5.74) is 3.75. The van der Waals surface area contributed by atoms with Crippen molar-refractivity contribution in [2.24, 2.45) is 7.05 Å². The Morgan fingerprint density at radius 1 is 1.16 bits per heavy atom. The molecule has 0 radical (unpaired) electrons. The first-order valence-corrected chi connectivity index (χ1v) is 10.9. The van der Waals surface area contributed by atoms with Gasteiger partial charge in [0.05, 0.1) is 12.1 Å². The van der Waals surface area contributed by atoms with Crippen LogP contribution in [0.15, 0.2) is 54.7 Å². The number of carbonyl (C=O) groups excluding carboxylic acids is 2. The van der Waals surface area contributed by atoms with Crippen LogP contribution in [0, 0.1) is 0 Å². The molecule has 3 heterocycles. The van der Waals surface area contributed by atoms with Gasteiger partial charge in [-0.05, 0) is 37.5 Å². The van der Waals surface area contributed by atoms with Gasteiger partial charge in [-0.15, -0.1) is 0 Å². The van der Waals surface area contributed by atoms with E-state index >= 15 is 0 Å². The molecule has 1 saturated heterocycles. The van der Waals surface area contributed by atoms with Crippen molar-refractivity contribution in [3.8, 4) is 0 Å². The Labute approximate surface area is 181 Å². The highest BCUT2D eigenvalue weighted by Crippen LogP contribution is 2.42. The van der Waals surface area contributed by atoms with Crippen LogP contribution in [0.3, 0.4) is 0 Å². The number of nitrogens with zero attached hydrogens (tertiary/aromatic N) is 2. The minimum atomic E-state index is -0.606. The first kappa shape index (κ1) is 19.8. The van der Waals surface area contributed by atoms with Crippen LogP contribution in [0.2, 0.25) is 0 Å². The van der Waals surface area contributed by atoms with Crippen LogP contribution in [0.5, 0.6) is 0 Å². The number of hydrogen-bond donors (Lipinski definition) is 1. The van der Waals surface area contributed by atoms with E-state index in [1.807, 2.05) is 50.4 Å². The maximum Gasteiger partial charge on any atom is 0.255 e. The van der Waals surface area contributed by atoms with Gasteiger partial charge in [0.25, 0.3) is 5.91 Å². The number of aryl methyl sites for hydroxylation is 1. The summed E-state index contributed by atoms with van der Waals surface area (Å²) in [5, 5.41) is 4.09. The lowest BCUT2D eigenvalue weighted by Gasteiger charge is -2.31. The van der Waals surface area contributed by atoms with Crippen molar-refractivity contribution in [3.05, 3.63) is 71.4 Å². The Balaban J connectivity index is 1.52. The number of amides is 2. The number of aromatic nitrogens is 1. The minimum absolute atomic E-state index is 0.0662. The van der Waals surface area contributed by atoms with Crippen LogP contribution in [0.1, 0.15) is 47.3 Å². The van der Waals surface area contributed by atoms with E-state index in [-0.39, 0.29) is 24.0 Å². The van der Waals surface area contributed by atoms with Gasteiger partial charge in [0.2, 0.25) is 5.91 Å². The summed E-state index contributed by atoms with van der Waals surface area (Å²) in [5.74, 6) is -0.254. The van der Waals surface area contributed by atoms with E-state index in [4.69, 9.17) is 4.74 Å². The van der Waals surface area contributed by atoms with Crippen LogP contribution < -0.4 is 5.32 Å². The molecule has 1 fully saturated rings. The predicted molar refractivity (Wildman–Crippen MR) is 119 cm³/mol. The quantitative estimate of drug-likeness (QED) is 0.692. The molecule has 2 aromatic carbocycles. The number of nitrogens with one attached hydrogen (secondary N) is 1. The average Bonchev–Trinajstić information content (AvgIpc) is 3.49. The van der Waals surface area contributed by atoms with Crippen molar-refractivity contribution in [2.75, 3.05) is 13.2 Å². The molecule has 0 saturated carbocycles. The molecule has 0 aliphatic carbocycles. The summed E-state index contributed by atoms with van der Waals surface area (Å²) in [6.45, 7) is 3.04. The Morgan fingerprint density at radius 2 is 1.94 bits per heavy atom. The lowest BCUT2D eigenvalue weighted by molar-refractivity contribution is -0.126. The molecule has 0 bridgehead atoms. The van der Waals surface area contributed by atoms with E-state index in [1.54, 1.807) is 4.90 Å². The molecule has 1 N–H and O–H groups in total. The Morgan fingerprint density at radius 3 is 2.74 bits per heavy atom. The molecule has 5 rings (SSSR count). The minimum Gasteiger partial charge on any atom is -0.376 e. The van der Waals surface area contributed by atoms with Gasteiger partial charge in [-0.25, -0.2) is 0 Å². The lowest BCUT2D eigenvalue weighted by Crippen LogP contribution is -2.48. The molecule has 0 spiro atoms. The second-order valence-corrected chi connectivity index (χ2v) is 8.47. The van der Waals surface area contributed by atoms with Gasteiger partial charge in [0.15, 0.2) is 0 Å². The largest absolute Gasteiger partial charge is 0.376 e. The molecular weight excluding hydrogens is 390 g/mol. The van der Waals surface area contributed by atoms with E-state index in [0.717, 1.165) is 41.5 Å². The zero-order valence-corrected chi connectivity index (χ0v) is 17.9. The van der Waals surface area contributed by atoms with Crippen molar-refractivity contribution < 1.29 is 14.3 Å². The zero-order valence-electron chi connectivity index (χ0n) is 17.9. The number of ether oxygens (including phenoxy) is 1. The summed E-state index contributed by atoms with van der Waals surface area (Å²) in [6.07, 6.45) is 4.13. The molecule has 1 aromatic heterocycles. The van der Waals surface area contributed by atoms with Gasteiger partial charge in [-0.3, -0.25) is 9.59 Å². The third-order valence-electron chi connectivity index (χ3n) is 6.55. The monoisotopic (exact) mass is 417 g/mol. The molecule has 6 nitrogen and oxygen atoms in total. The summed E-state index contributed by atoms with van der Waals surface area (Å²) in [7, 11) is 2.01. The van der Waals surface area contributed by atoms with Crippen molar-refractivity contribution in [1.29, 1.82) is 0 Å². The maximum atomic E-state index is 13.4. The van der Waals surface area contributed by atoms with Gasteiger partial charge in [0, 0.05) is 48.4 Å². The lowest BCUT2D eigenvalue weighted by atomic mass is 9.97. The Hall–Kier alpha value is -3.12. The summed E-state index contributed by atoms with van der Waals surface area (Å²) >= 11 is 0. The van der Waals surface area contributed by atoms with E-state index in [9.17, 15) is 9.59 Å². The van der Waals surface area contributed by atoms with E-state index in [2.05, 4.69) is 28.2 Å². The molecule has 2 aliphatic rings. The van der Waals surface area contributed by atoms with Gasteiger partial charge >= 0.3 is 0 Å². The van der Waals surface area contributed by atoms with Crippen LogP contribution in [-0.2, 0) is 16.6 Å². The van der Waals surface area contributed by atoms with Crippen LogP contribution in [0.4, 0.5) is 0 Å². The van der Waals surface area contributed by atoms with Gasteiger partial charge in [-0.2, -0.15) is 0 Å². The van der Waals surface area contributed by atoms with E-state index < -0.39 is 6.04 Å². The third kappa shape index (κ3) is 3.31. The molecule has 2 amide bonds. The predicted octanol–water partition coefficient (Wildman–Crippen LogP) is 3.41. The van der Waals surface area contributed by atoms with Crippen molar-refractivity contribution in [2.45, 2.75) is 38.0 Å². The highest BCUT2D eigenvalue weighted by atomic mass is 16.5. The summed E-state index contributed by atoms with van der Waals surface area (Å²) in [4.78, 5) is 28.2. The molecule has 2 aliphatic heterocycles. The SMILES string of the molecule is C[C@H](C(=O)NC[C@H]1CCCO1)N1C(=O)c2ccccc2[C@@H]1c1cn(C)c2ccccc12. The van der Waals surface area contributed by atoms with E-state index in [0.29, 0.717) is 12.1 Å². The van der Waals surface area contributed by atoms with Gasteiger partial charge < -0.3 is 19.5 Å². The fourth-order valence-electron chi connectivity index (χ4n) is 4.94. The molecule has 3 atom stereocenters. The van der Waals surface area contributed by atoms with Crippen molar-refractivity contribution in [3.63, 3.8) is 0 Å². The summed E-state index contributed by atoms with van der Waals surface area (Å²) in [6, 6.07) is 14.9. The first-order valence-electron chi connectivity index (χ1n) is 10.9. The normalized spacial score (nSPS) is 21.5. The number of benzene rings is 2. The number of para-hydroxylation sites is 1.